The van der Waals surface area contributed by atoms with E-state index < -0.39 is 11.9 Å². The van der Waals surface area contributed by atoms with Gasteiger partial charge >= 0.3 is 11.9 Å². The third-order valence-corrected chi connectivity index (χ3v) is 3.65. The van der Waals surface area contributed by atoms with Gasteiger partial charge in [-0.05, 0) is 48.2 Å². The van der Waals surface area contributed by atoms with Crippen molar-refractivity contribution in [2.75, 3.05) is 6.61 Å². The number of carboxylic acid groups (broad SMARTS) is 1. The zero-order valence-electron chi connectivity index (χ0n) is 14.9. The second-order valence-electron chi connectivity index (χ2n) is 5.79. The molecule has 136 valence electrons. The lowest BCUT2D eigenvalue weighted by atomic mass is 10.0. The summed E-state index contributed by atoms with van der Waals surface area (Å²) < 4.78 is 10.7. The van der Waals surface area contributed by atoms with Crippen molar-refractivity contribution in [2.24, 2.45) is 0 Å². The Labute approximate surface area is 152 Å². The minimum atomic E-state index is -0.928. The summed E-state index contributed by atoms with van der Waals surface area (Å²) >= 11 is 0. The van der Waals surface area contributed by atoms with E-state index in [9.17, 15) is 9.59 Å². The van der Waals surface area contributed by atoms with E-state index in [1.54, 1.807) is 32.0 Å². The molecule has 0 heterocycles. The largest absolute Gasteiger partial charge is 0.489 e. The molecule has 0 aliphatic rings. The molecular formula is C21H22O5. The van der Waals surface area contributed by atoms with Gasteiger partial charge in [-0.3, -0.25) is 4.79 Å². The number of rotatable bonds is 8. The summed E-state index contributed by atoms with van der Waals surface area (Å²) in [6, 6.07) is 14.9. The Morgan fingerprint density at radius 2 is 1.81 bits per heavy atom. The maximum Gasteiger partial charge on any atom is 0.331 e. The first kappa shape index (κ1) is 19.2. The number of ether oxygens (including phenoxy) is 2. The van der Waals surface area contributed by atoms with E-state index in [0.29, 0.717) is 30.1 Å². The molecule has 2 aromatic carbocycles. The summed E-state index contributed by atoms with van der Waals surface area (Å²) in [6.45, 7) is 4.19. The molecule has 0 spiro atoms. The first-order valence-corrected chi connectivity index (χ1v) is 8.36. The summed E-state index contributed by atoms with van der Waals surface area (Å²) in [4.78, 5) is 22.7. The van der Waals surface area contributed by atoms with Crippen molar-refractivity contribution in [1.82, 2.24) is 0 Å². The highest BCUT2D eigenvalue weighted by Gasteiger charge is 2.09. The number of benzene rings is 2. The minimum absolute atomic E-state index is 0.123. The Morgan fingerprint density at radius 3 is 2.46 bits per heavy atom. The number of carbonyl (C=O) groups is 2. The van der Waals surface area contributed by atoms with E-state index in [1.165, 1.54) is 6.08 Å². The van der Waals surface area contributed by atoms with Crippen molar-refractivity contribution in [1.29, 1.82) is 0 Å². The third-order valence-electron chi connectivity index (χ3n) is 3.65. The van der Waals surface area contributed by atoms with Crippen LogP contribution in [0.1, 0.15) is 30.5 Å². The Kier molecular flexibility index (Phi) is 6.97. The van der Waals surface area contributed by atoms with Gasteiger partial charge in [0.05, 0.1) is 13.0 Å². The Balaban J connectivity index is 2.26. The van der Waals surface area contributed by atoms with Gasteiger partial charge in [-0.15, -0.1) is 0 Å². The lowest BCUT2D eigenvalue weighted by molar-refractivity contribution is -0.137. The molecule has 0 unspecified atom stereocenters. The average molecular weight is 354 g/mol. The number of aliphatic carboxylic acids is 1. The van der Waals surface area contributed by atoms with E-state index in [1.807, 2.05) is 30.3 Å². The number of allylic oxidation sites excluding steroid dienone is 1. The van der Waals surface area contributed by atoms with Gasteiger partial charge in [0.2, 0.25) is 0 Å². The molecule has 0 aliphatic heterocycles. The second-order valence-corrected chi connectivity index (χ2v) is 5.79. The van der Waals surface area contributed by atoms with Gasteiger partial charge in [-0.2, -0.15) is 0 Å². The monoisotopic (exact) mass is 354 g/mol. The van der Waals surface area contributed by atoms with Crippen LogP contribution >= 0.6 is 0 Å². The van der Waals surface area contributed by atoms with Crippen LogP contribution < -0.4 is 4.74 Å². The molecule has 2 aromatic rings. The number of hydrogen-bond acceptors (Lipinski definition) is 4. The highest BCUT2D eigenvalue weighted by atomic mass is 16.5. The molecule has 0 bridgehead atoms. The van der Waals surface area contributed by atoms with E-state index >= 15 is 0 Å². The van der Waals surface area contributed by atoms with Gasteiger partial charge in [-0.25, -0.2) is 4.79 Å². The van der Waals surface area contributed by atoms with Crippen LogP contribution in [0.25, 0.3) is 5.57 Å². The zero-order chi connectivity index (χ0) is 18.9. The molecule has 5 heteroatoms. The molecule has 5 nitrogen and oxygen atoms in total. The van der Waals surface area contributed by atoms with Crippen LogP contribution in [0.3, 0.4) is 0 Å². The van der Waals surface area contributed by atoms with Crippen LogP contribution in [-0.2, 0) is 27.4 Å². The Bertz CT molecular complexity index is 793. The van der Waals surface area contributed by atoms with Gasteiger partial charge in [-0.1, -0.05) is 36.4 Å². The Morgan fingerprint density at radius 1 is 1.08 bits per heavy atom. The van der Waals surface area contributed by atoms with E-state index in [4.69, 9.17) is 14.6 Å². The normalized spacial score (nSPS) is 11.1. The van der Waals surface area contributed by atoms with Gasteiger partial charge < -0.3 is 14.6 Å². The maximum atomic E-state index is 11.7. The quantitative estimate of drug-likeness (QED) is 0.576. The smallest absolute Gasteiger partial charge is 0.331 e. The first-order chi connectivity index (χ1) is 12.5. The van der Waals surface area contributed by atoms with Crippen molar-refractivity contribution >= 4 is 17.5 Å². The molecule has 0 radical (unpaired) electrons. The summed E-state index contributed by atoms with van der Waals surface area (Å²) in [6.07, 6.45) is 1.27. The predicted molar refractivity (Wildman–Crippen MR) is 98.8 cm³/mol. The SMILES string of the molecule is CCOC(=O)/C=C(\C)c1cc(CC(=O)O)cc(OCc2ccccc2)c1. The van der Waals surface area contributed by atoms with E-state index in [0.717, 1.165) is 11.1 Å². The summed E-state index contributed by atoms with van der Waals surface area (Å²) in [5.74, 6) is -0.803. The molecule has 2 rings (SSSR count). The Hall–Kier alpha value is -3.08. The highest BCUT2D eigenvalue weighted by molar-refractivity contribution is 5.91. The fourth-order valence-corrected chi connectivity index (χ4v) is 2.43. The van der Waals surface area contributed by atoms with Gasteiger partial charge in [0.15, 0.2) is 0 Å². The van der Waals surface area contributed by atoms with E-state index in [-0.39, 0.29) is 6.42 Å². The van der Waals surface area contributed by atoms with Crippen LogP contribution in [0, 0.1) is 0 Å². The summed E-state index contributed by atoms with van der Waals surface area (Å²) in [5, 5.41) is 9.08. The number of hydrogen-bond donors (Lipinski definition) is 1. The molecule has 0 aliphatic carbocycles. The highest BCUT2D eigenvalue weighted by Crippen LogP contribution is 2.24. The number of esters is 1. The minimum Gasteiger partial charge on any atom is -0.489 e. The van der Waals surface area contributed by atoms with Crippen LogP contribution in [0.5, 0.6) is 5.75 Å². The number of carbonyl (C=O) groups excluding carboxylic acids is 1. The van der Waals surface area contributed by atoms with Crippen molar-refractivity contribution in [2.45, 2.75) is 26.9 Å². The molecule has 0 aromatic heterocycles. The van der Waals surface area contributed by atoms with Crippen LogP contribution in [0.15, 0.2) is 54.6 Å². The molecule has 0 saturated carbocycles. The zero-order valence-corrected chi connectivity index (χ0v) is 14.9. The average Bonchev–Trinajstić information content (AvgIpc) is 2.60. The fraction of sp³-hybridized carbons (Fsp3) is 0.238. The molecule has 0 saturated heterocycles. The fourth-order valence-electron chi connectivity index (χ4n) is 2.43. The molecule has 26 heavy (non-hydrogen) atoms. The molecule has 1 N–H and O–H groups in total. The van der Waals surface area contributed by atoms with Crippen molar-refractivity contribution in [3.8, 4) is 5.75 Å². The summed E-state index contributed by atoms with van der Waals surface area (Å²) in [5.41, 5.74) is 3.02. The molecule has 0 atom stereocenters. The lowest BCUT2D eigenvalue weighted by Gasteiger charge is -2.11. The summed E-state index contributed by atoms with van der Waals surface area (Å²) in [7, 11) is 0. The first-order valence-electron chi connectivity index (χ1n) is 8.36. The molecular weight excluding hydrogens is 332 g/mol. The van der Waals surface area contributed by atoms with Crippen LogP contribution in [0.4, 0.5) is 0 Å². The van der Waals surface area contributed by atoms with Crippen molar-refractivity contribution in [3.05, 3.63) is 71.3 Å². The van der Waals surface area contributed by atoms with Crippen molar-refractivity contribution in [3.63, 3.8) is 0 Å². The van der Waals surface area contributed by atoms with Gasteiger partial charge in [0, 0.05) is 6.08 Å². The van der Waals surface area contributed by atoms with Crippen LogP contribution in [-0.4, -0.2) is 23.7 Å². The molecule has 0 amide bonds. The predicted octanol–water partition coefficient (Wildman–Crippen LogP) is 3.86. The second kappa shape index (κ2) is 9.42. The maximum absolute atomic E-state index is 11.7. The van der Waals surface area contributed by atoms with Crippen molar-refractivity contribution < 1.29 is 24.2 Å². The van der Waals surface area contributed by atoms with Gasteiger partial charge in [0.25, 0.3) is 0 Å². The number of carboxylic acids is 1. The topological polar surface area (TPSA) is 72.8 Å². The third kappa shape index (κ3) is 6.09. The standard InChI is InChI=1S/C21H22O5/c1-3-25-21(24)9-15(2)18-10-17(12-20(22)23)11-19(13-18)26-14-16-7-5-4-6-8-16/h4-11,13H,3,12,14H2,1-2H3,(H,22,23)/b15-9+. The molecule has 0 fully saturated rings. The van der Waals surface area contributed by atoms with E-state index in [2.05, 4.69) is 0 Å². The lowest BCUT2D eigenvalue weighted by Crippen LogP contribution is -2.03. The van der Waals surface area contributed by atoms with Gasteiger partial charge in [0.1, 0.15) is 12.4 Å². The van der Waals surface area contributed by atoms with Crippen LogP contribution in [0.2, 0.25) is 0 Å².